The molecule has 0 unspecified atom stereocenters. The number of amides is 1. The number of benzene rings is 2. The Morgan fingerprint density at radius 1 is 1.00 bits per heavy atom. The highest BCUT2D eigenvalue weighted by atomic mass is 19.2. The van der Waals surface area contributed by atoms with E-state index in [-0.39, 0.29) is 17.0 Å². The Kier molecular flexibility index (Phi) is 3.84. The van der Waals surface area contributed by atoms with Crippen LogP contribution >= 0.6 is 0 Å². The molecule has 0 bridgehead atoms. The molecule has 0 spiro atoms. The predicted molar refractivity (Wildman–Crippen MR) is 76.2 cm³/mol. The number of nitrogens with one attached hydrogen (secondary N) is 1. The molecule has 7 heteroatoms. The van der Waals surface area contributed by atoms with Crippen LogP contribution in [0.5, 0.6) is 0 Å². The van der Waals surface area contributed by atoms with Crippen molar-refractivity contribution < 1.29 is 22.5 Å². The zero-order valence-corrected chi connectivity index (χ0v) is 11.5. The number of rotatable bonds is 3. The molecular formula is C16H9F3N2O2. The summed E-state index contributed by atoms with van der Waals surface area (Å²) in [7, 11) is 0. The van der Waals surface area contributed by atoms with Crippen LogP contribution in [0.4, 0.5) is 18.9 Å². The molecule has 2 aromatic carbocycles. The van der Waals surface area contributed by atoms with Crippen LogP contribution in [0.25, 0.3) is 11.3 Å². The first-order valence-corrected chi connectivity index (χ1v) is 6.51. The highest BCUT2D eigenvalue weighted by molar-refractivity contribution is 6.07. The Bertz CT molecular complexity index is 860. The van der Waals surface area contributed by atoms with Gasteiger partial charge in [-0.2, -0.15) is 0 Å². The first kappa shape index (κ1) is 14.8. The predicted octanol–water partition coefficient (Wildman–Crippen LogP) is 4.01. The van der Waals surface area contributed by atoms with E-state index in [4.69, 9.17) is 4.52 Å². The quantitative estimate of drug-likeness (QED) is 0.794. The Labute approximate surface area is 128 Å². The Morgan fingerprint density at radius 2 is 1.74 bits per heavy atom. The van der Waals surface area contributed by atoms with Gasteiger partial charge in [0.05, 0.1) is 6.20 Å². The van der Waals surface area contributed by atoms with Crippen molar-refractivity contribution in [3.8, 4) is 11.3 Å². The summed E-state index contributed by atoms with van der Waals surface area (Å²) in [6.45, 7) is 0. The third kappa shape index (κ3) is 3.08. The van der Waals surface area contributed by atoms with Crippen molar-refractivity contribution in [2.45, 2.75) is 0 Å². The molecule has 1 heterocycles. The lowest BCUT2D eigenvalue weighted by atomic mass is 10.1. The number of aromatic nitrogens is 1. The summed E-state index contributed by atoms with van der Waals surface area (Å²) < 4.78 is 44.0. The van der Waals surface area contributed by atoms with E-state index in [9.17, 15) is 18.0 Å². The third-order valence-electron chi connectivity index (χ3n) is 3.10. The molecule has 1 aromatic heterocycles. The minimum atomic E-state index is -1.08. The van der Waals surface area contributed by atoms with Gasteiger partial charge < -0.3 is 9.84 Å². The molecule has 0 aliphatic carbocycles. The number of halogens is 3. The topological polar surface area (TPSA) is 55.1 Å². The van der Waals surface area contributed by atoms with E-state index in [0.29, 0.717) is 5.56 Å². The second-order valence-corrected chi connectivity index (χ2v) is 4.66. The number of hydrogen-bond acceptors (Lipinski definition) is 3. The first-order valence-electron chi connectivity index (χ1n) is 6.51. The maximum Gasteiger partial charge on any atom is 0.261 e. The molecule has 23 heavy (non-hydrogen) atoms. The fourth-order valence-electron chi connectivity index (χ4n) is 1.98. The molecule has 1 amide bonds. The Hall–Kier alpha value is -3.09. The standard InChI is InChI=1S/C16H9F3N2O2/c17-10-3-1-9(2-4-10)15-12(8-20-23-15)16(22)21-11-5-6-13(18)14(19)7-11/h1-8H,(H,21,22). The molecule has 3 rings (SSSR count). The molecule has 116 valence electrons. The van der Waals surface area contributed by atoms with Crippen molar-refractivity contribution in [3.05, 3.63) is 71.7 Å². The lowest BCUT2D eigenvalue weighted by Gasteiger charge is -2.05. The number of carbonyl (C=O) groups excluding carboxylic acids is 1. The van der Waals surface area contributed by atoms with Crippen LogP contribution in [-0.2, 0) is 0 Å². The van der Waals surface area contributed by atoms with Gasteiger partial charge in [0.15, 0.2) is 17.4 Å². The van der Waals surface area contributed by atoms with Gasteiger partial charge in [0.2, 0.25) is 0 Å². The van der Waals surface area contributed by atoms with Gasteiger partial charge in [-0.15, -0.1) is 0 Å². The van der Waals surface area contributed by atoms with Crippen molar-refractivity contribution in [1.29, 1.82) is 0 Å². The lowest BCUT2D eigenvalue weighted by Crippen LogP contribution is -2.12. The molecule has 4 nitrogen and oxygen atoms in total. The summed E-state index contributed by atoms with van der Waals surface area (Å²) in [6.07, 6.45) is 1.19. The van der Waals surface area contributed by atoms with Crippen molar-refractivity contribution >= 4 is 11.6 Å². The number of carbonyl (C=O) groups is 1. The summed E-state index contributed by atoms with van der Waals surface area (Å²) in [5, 5.41) is 5.97. The number of hydrogen-bond donors (Lipinski definition) is 1. The van der Waals surface area contributed by atoms with Gasteiger partial charge in [0.25, 0.3) is 5.91 Å². The highest BCUT2D eigenvalue weighted by Crippen LogP contribution is 2.25. The van der Waals surface area contributed by atoms with E-state index in [1.54, 1.807) is 0 Å². The first-order chi connectivity index (χ1) is 11.0. The van der Waals surface area contributed by atoms with E-state index < -0.39 is 23.4 Å². The van der Waals surface area contributed by atoms with Gasteiger partial charge in [0.1, 0.15) is 11.4 Å². The summed E-state index contributed by atoms with van der Waals surface area (Å²) in [5.41, 5.74) is 0.626. The van der Waals surface area contributed by atoms with E-state index in [2.05, 4.69) is 10.5 Å². The van der Waals surface area contributed by atoms with Crippen molar-refractivity contribution in [2.24, 2.45) is 0 Å². The van der Waals surface area contributed by atoms with Crippen LogP contribution in [0.1, 0.15) is 10.4 Å². The maximum atomic E-state index is 13.2. The van der Waals surface area contributed by atoms with Crippen LogP contribution in [0.15, 0.2) is 53.2 Å². The van der Waals surface area contributed by atoms with Crippen LogP contribution < -0.4 is 5.32 Å². The van der Waals surface area contributed by atoms with E-state index in [1.807, 2.05) is 0 Å². The van der Waals surface area contributed by atoms with E-state index in [1.165, 1.54) is 36.5 Å². The lowest BCUT2D eigenvalue weighted by molar-refractivity contribution is 0.102. The fraction of sp³-hybridized carbons (Fsp3) is 0. The SMILES string of the molecule is O=C(Nc1ccc(F)c(F)c1)c1cnoc1-c1ccc(F)cc1. The van der Waals surface area contributed by atoms with Gasteiger partial charge in [-0.3, -0.25) is 4.79 Å². The zero-order chi connectivity index (χ0) is 16.4. The van der Waals surface area contributed by atoms with Gasteiger partial charge in [-0.25, -0.2) is 13.2 Å². The average Bonchev–Trinajstić information content (AvgIpc) is 3.01. The normalized spacial score (nSPS) is 10.6. The molecule has 0 atom stereocenters. The number of nitrogens with zero attached hydrogens (tertiary/aromatic N) is 1. The monoisotopic (exact) mass is 318 g/mol. The molecule has 0 radical (unpaired) electrons. The zero-order valence-electron chi connectivity index (χ0n) is 11.5. The van der Waals surface area contributed by atoms with E-state index >= 15 is 0 Å². The van der Waals surface area contributed by atoms with Crippen LogP contribution in [0.3, 0.4) is 0 Å². The smallest absolute Gasteiger partial charge is 0.261 e. The molecule has 3 aromatic rings. The highest BCUT2D eigenvalue weighted by Gasteiger charge is 2.18. The molecule has 0 fully saturated rings. The Balaban J connectivity index is 1.87. The largest absolute Gasteiger partial charge is 0.355 e. The second-order valence-electron chi connectivity index (χ2n) is 4.66. The van der Waals surface area contributed by atoms with Gasteiger partial charge in [-0.05, 0) is 36.4 Å². The Morgan fingerprint density at radius 3 is 2.43 bits per heavy atom. The third-order valence-corrected chi connectivity index (χ3v) is 3.10. The molecule has 1 N–H and O–H groups in total. The summed E-state index contributed by atoms with van der Waals surface area (Å²) >= 11 is 0. The molecule has 0 aliphatic rings. The van der Waals surface area contributed by atoms with Crippen molar-refractivity contribution in [1.82, 2.24) is 5.16 Å². The summed E-state index contributed by atoms with van der Waals surface area (Å²) in [4.78, 5) is 12.2. The minimum absolute atomic E-state index is 0.0835. The van der Waals surface area contributed by atoms with Crippen LogP contribution in [-0.4, -0.2) is 11.1 Å². The summed E-state index contributed by atoms with van der Waals surface area (Å²) in [5.74, 6) is -2.99. The van der Waals surface area contributed by atoms with Crippen LogP contribution in [0, 0.1) is 17.5 Å². The molecular weight excluding hydrogens is 309 g/mol. The minimum Gasteiger partial charge on any atom is -0.355 e. The average molecular weight is 318 g/mol. The van der Waals surface area contributed by atoms with Gasteiger partial charge >= 0.3 is 0 Å². The molecule has 0 saturated heterocycles. The number of anilines is 1. The summed E-state index contributed by atoms with van der Waals surface area (Å²) in [6, 6.07) is 8.29. The van der Waals surface area contributed by atoms with E-state index in [0.717, 1.165) is 12.1 Å². The molecule has 0 aliphatic heterocycles. The molecule has 0 saturated carbocycles. The van der Waals surface area contributed by atoms with Crippen molar-refractivity contribution in [2.75, 3.05) is 5.32 Å². The fourth-order valence-corrected chi connectivity index (χ4v) is 1.98. The van der Waals surface area contributed by atoms with Gasteiger partial charge in [0, 0.05) is 17.3 Å². The van der Waals surface area contributed by atoms with Crippen molar-refractivity contribution in [3.63, 3.8) is 0 Å². The maximum absolute atomic E-state index is 13.2. The van der Waals surface area contributed by atoms with Gasteiger partial charge in [-0.1, -0.05) is 5.16 Å². The van der Waals surface area contributed by atoms with Crippen LogP contribution in [0.2, 0.25) is 0 Å². The second kappa shape index (κ2) is 5.96.